The summed E-state index contributed by atoms with van der Waals surface area (Å²) in [7, 11) is 0. The lowest BCUT2D eigenvalue weighted by atomic mass is 10.2. The summed E-state index contributed by atoms with van der Waals surface area (Å²) in [4.78, 5) is 16.8. The van der Waals surface area contributed by atoms with Crippen LogP contribution in [0.5, 0.6) is 11.5 Å². The molecule has 0 saturated heterocycles. The zero-order valence-electron chi connectivity index (χ0n) is 18.0. The molecule has 3 aromatic carbocycles. The van der Waals surface area contributed by atoms with Crippen molar-refractivity contribution in [3.05, 3.63) is 88.9 Å². The first-order valence-electron chi connectivity index (χ1n) is 10.4. The molecule has 0 bridgehead atoms. The summed E-state index contributed by atoms with van der Waals surface area (Å²) >= 11 is 1.61. The van der Waals surface area contributed by atoms with Crippen molar-refractivity contribution in [2.24, 2.45) is 0 Å². The number of nitrogens with zero attached hydrogens (tertiary/aromatic N) is 1. The first kappa shape index (κ1) is 21.6. The van der Waals surface area contributed by atoms with Crippen LogP contribution in [0, 0.1) is 6.92 Å². The Balaban J connectivity index is 1.42. The van der Waals surface area contributed by atoms with Gasteiger partial charge in [0.05, 0.1) is 21.8 Å². The quantitative estimate of drug-likeness (QED) is 0.327. The first-order valence-corrected chi connectivity index (χ1v) is 11.2. The van der Waals surface area contributed by atoms with Crippen molar-refractivity contribution in [1.82, 2.24) is 4.98 Å². The van der Waals surface area contributed by atoms with E-state index in [1.165, 1.54) is 6.08 Å². The molecule has 1 heterocycles. The number of nitrogens with one attached hydrogen (secondary N) is 1. The zero-order valence-corrected chi connectivity index (χ0v) is 18.8. The second-order valence-electron chi connectivity index (χ2n) is 7.15. The Hall–Kier alpha value is -3.64. The highest BCUT2D eigenvalue weighted by Crippen LogP contribution is 2.30. The number of rotatable bonds is 8. The average Bonchev–Trinajstić information content (AvgIpc) is 3.17. The molecule has 0 fully saturated rings. The highest BCUT2D eigenvalue weighted by Gasteiger charge is 2.07. The monoisotopic (exact) mass is 444 g/mol. The van der Waals surface area contributed by atoms with Gasteiger partial charge >= 0.3 is 0 Å². The van der Waals surface area contributed by atoms with Crippen LogP contribution in [0.3, 0.4) is 0 Å². The molecule has 0 spiro atoms. The molecule has 0 saturated carbocycles. The molecular formula is C26H24N2O3S. The van der Waals surface area contributed by atoms with Gasteiger partial charge in [-0.2, -0.15) is 0 Å². The van der Waals surface area contributed by atoms with E-state index in [4.69, 9.17) is 9.47 Å². The largest absolute Gasteiger partial charge is 0.490 e. The van der Waals surface area contributed by atoms with Crippen LogP contribution in [0.4, 0.5) is 5.69 Å². The summed E-state index contributed by atoms with van der Waals surface area (Å²) in [6, 6.07) is 21.3. The van der Waals surface area contributed by atoms with Crippen molar-refractivity contribution < 1.29 is 14.3 Å². The van der Waals surface area contributed by atoms with Crippen molar-refractivity contribution in [1.29, 1.82) is 0 Å². The minimum Gasteiger partial charge on any atom is -0.490 e. The van der Waals surface area contributed by atoms with Crippen LogP contribution in [-0.2, 0) is 11.4 Å². The number of benzene rings is 3. The van der Waals surface area contributed by atoms with Crippen molar-refractivity contribution in [3.63, 3.8) is 0 Å². The molecule has 5 nitrogen and oxygen atoms in total. The van der Waals surface area contributed by atoms with Crippen LogP contribution < -0.4 is 14.8 Å². The van der Waals surface area contributed by atoms with Gasteiger partial charge in [0.1, 0.15) is 6.61 Å². The molecule has 4 aromatic rings. The SMILES string of the molecule is CCOc1cc(/C=C/C(=O)Nc2ccc3nc(C)sc3c2)ccc1OCc1ccccc1. The zero-order chi connectivity index (χ0) is 22.3. The molecule has 0 aliphatic heterocycles. The molecule has 6 heteroatoms. The van der Waals surface area contributed by atoms with E-state index < -0.39 is 0 Å². The van der Waals surface area contributed by atoms with Crippen LogP contribution in [0.1, 0.15) is 23.1 Å². The number of hydrogen-bond donors (Lipinski definition) is 1. The molecule has 1 amide bonds. The molecule has 4 rings (SSSR count). The van der Waals surface area contributed by atoms with E-state index in [1.54, 1.807) is 17.4 Å². The van der Waals surface area contributed by atoms with Crippen LogP contribution >= 0.6 is 11.3 Å². The Morgan fingerprint density at radius 2 is 1.88 bits per heavy atom. The van der Waals surface area contributed by atoms with E-state index in [2.05, 4.69) is 10.3 Å². The van der Waals surface area contributed by atoms with E-state index >= 15 is 0 Å². The van der Waals surface area contributed by atoms with E-state index in [-0.39, 0.29) is 5.91 Å². The summed E-state index contributed by atoms with van der Waals surface area (Å²) in [5, 5.41) is 3.90. The maximum atomic E-state index is 12.4. The third-order valence-corrected chi connectivity index (χ3v) is 5.63. The van der Waals surface area contributed by atoms with E-state index in [1.807, 2.05) is 80.6 Å². The molecule has 0 aliphatic rings. The second kappa shape index (κ2) is 10.1. The molecule has 0 unspecified atom stereocenters. The number of aryl methyl sites for hydroxylation is 1. The second-order valence-corrected chi connectivity index (χ2v) is 8.39. The topological polar surface area (TPSA) is 60.5 Å². The summed E-state index contributed by atoms with van der Waals surface area (Å²) in [5.74, 6) is 1.12. The number of amides is 1. The van der Waals surface area contributed by atoms with Gasteiger partial charge in [0, 0.05) is 11.8 Å². The molecule has 0 aliphatic carbocycles. The number of anilines is 1. The number of aromatic nitrogens is 1. The maximum Gasteiger partial charge on any atom is 0.248 e. The van der Waals surface area contributed by atoms with Gasteiger partial charge in [0.25, 0.3) is 0 Å². The molecule has 0 radical (unpaired) electrons. The molecule has 1 N–H and O–H groups in total. The smallest absolute Gasteiger partial charge is 0.248 e. The number of ether oxygens (including phenoxy) is 2. The van der Waals surface area contributed by atoms with E-state index in [9.17, 15) is 4.79 Å². The Labute approximate surface area is 191 Å². The average molecular weight is 445 g/mol. The Morgan fingerprint density at radius 3 is 2.69 bits per heavy atom. The maximum absolute atomic E-state index is 12.4. The lowest BCUT2D eigenvalue weighted by Crippen LogP contribution is -2.07. The Morgan fingerprint density at radius 1 is 1.03 bits per heavy atom. The fourth-order valence-corrected chi connectivity index (χ4v) is 4.09. The molecule has 1 aromatic heterocycles. The fraction of sp³-hybridized carbons (Fsp3) is 0.154. The van der Waals surface area contributed by atoms with Crippen LogP contribution in [0.25, 0.3) is 16.3 Å². The summed E-state index contributed by atoms with van der Waals surface area (Å²) in [6.45, 7) is 4.88. The predicted octanol–water partition coefficient (Wildman–Crippen LogP) is 6.23. The lowest BCUT2D eigenvalue weighted by Gasteiger charge is -2.12. The van der Waals surface area contributed by atoms with Crippen molar-refractivity contribution in [2.45, 2.75) is 20.5 Å². The standard InChI is InChI=1S/C26H24N2O3S/c1-3-30-24-15-19(9-13-23(24)31-17-20-7-5-4-6-8-20)10-14-26(29)28-21-11-12-22-25(16-21)32-18(2)27-22/h4-16H,3,17H2,1-2H3,(H,28,29)/b14-10+. The normalized spacial score (nSPS) is 11.1. The summed E-state index contributed by atoms with van der Waals surface area (Å²) in [5.41, 5.74) is 3.63. The van der Waals surface area contributed by atoms with Crippen molar-refractivity contribution in [3.8, 4) is 11.5 Å². The van der Waals surface area contributed by atoms with Gasteiger partial charge in [-0.1, -0.05) is 36.4 Å². The van der Waals surface area contributed by atoms with Crippen LogP contribution in [0.2, 0.25) is 0 Å². The predicted molar refractivity (Wildman–Crippen MR) is 130 cm³/mol. The van der Waals surface area contributed by atoms with Crippen molar-refractivity contribution in [2.75, 3.05) is 11.9 Å². The van der Waals surface area contributed by atoms with E-state index in [0.717, 1.165) is 32.0 Å². The van der Waals surface area contributed by atoms with Gasteiger partial charge in [-0.05, 0) is 61.4 Å². The minimum absolute atomic E-state index is 0.201. The highest BCUT2D eigenvalue weighted by atomic mass is 32.1. The van der Waals surface area contributed by atoms with Gasteiger partial charge in [0.15, 0.2) is 11.5 Å². The fourth-order valence-electron chi connectivity index (χ4n) is 3.22. The number of fused-ring (bicyclic) bond motifs is 1. The number of thiazole rings is 1. The number of carbonyl (C=O) groups excluding carboxylic acids is 1. The third-order valence-electron chi connectivity index (χ3n) is 4.69. The molecule has 0 atom stereocenters. The number of hydrogen-bond acceptors (Lipinski definition) is 5. The van der Waals surface area contributed by atoms with Gasteiger partial charge in [-0.3, -0.25) is 4.79 Å². The van der Waals surface area contributed by atoms with Gasteiger partial charge in [-0.15, -0.1) is 11.3 Å². The Bertz CT molecular complexity index is 1250. The van der Waals surface area contributed by atoms with Gasteiger partial charge < -0.3 is 14.8 Å². The molecule has 32 heavy (non-hydrogen) atoms. The summed E-state index contributed by atoms with van der Waals surface area (Å²) in [6.07, 6.45) is 3.27. The Kier molecular flexibility index (Phi) is 6.82. The molecular weight excluding hydrogens is 420 g/mol. The van der Waals surface area contributed by atoms with E-state index in [0.29, 0.717) is 24.7 Å². The van der Waals surface area contributed by atoms with Gasteiger partial charge in [-0.25, -0.2) is 4.98 Å². The van der Waals surface area contributed by atoms with Gasteiger partial charge in [0.2, 0.25) is 5.91 Å². The minimum atomic E-state index is -0.201. The van der Waals surface area contributed by atoms with Crippen LogP contribution in [0.15, 0.2) is 72.8 Å². The lowest BCUT2D eigenvalue weighted by molar-refractivity contribution is -0.111. The number of carbonyl (C=O) groups is 1. The first-order chi connectivity index (χ1) is 15.6. The summed E-state index contributed by atoms with van der Waals surface area (Å²) < 4.78 is 12.7. The van der Waals surface area contributed by atoms with Crippen molar-refractivity contribution >= 4 is 39.2 Å². The third kappa shape index (κ3) is 5.53. The van der Waals surface area contributed by atoms with Crippen LogP contribution in [-0.4, -0.2) is 17.5 Å². The highest BCUT2D eigenvalue weighted by molar-refractivity contribution is 7.18. The molecule has 162 valence electrons.